The fraction of sp³-hybridized carbons (Fsp3) is 0.478. The van der Waals surface area contributed by atoms with Crippen LogP contribution in [0.1, 0.15) is 71.7 Å². The summed E-state index contributed by atoms with van der Waals surface area (Å²) < 4.78 is 0.739. The Kier molecular flexibility index (Phi) is 6.84. The highest BCUT2D eigenvalue weighted by Crippen LogP contribution is 2.44. The Morgan fingerprint density at radius 1 is 1.21 bits per heavy atom. The third-order valence-corrected chi connectivity index (χ3v) is 7.46. The predicted molar refractivity (Wildman–Crippen MR) is 124 cm³/mol. The smallest absolute Gasteiger partial charge is 0.257 e. The van der Waals surface area contributed by atoms with Crippen molar-refractivity contribution in [3.63, 3.8) is 0 Å². The average molecular weight is 477 g/mol. The molecule has 1 unspecified atom stereocenters. The van der Waals surface area contributed by atoms with Crippen molar-refractivity contribution in [3.05, 3.63) is 50.3 Å². The van der Waals surface area contributed by atoms with Crippen LogP contribution >= 0.6 is 27.3 Å². The maximum absolute atomic E-state index is 13.0. The van der Waals surface area contributed by atoms with Gasteiger partial charge in [0.05, 0.1) is 11.1 Å². The van der Waals surface area contributed by atoms with Gasteiger partial charge in [-0.3, -0.25) is 9.59 Å². The van der Waals surface area contributed by atoms with E-state index in [1.807, 2.05) is 25.1 Å². The van der Waals surface area contributed by atoms with Gasteiger partial charge in [0, 0.05) is 15.9 Å². The van der Waals surface area contributed by atoms with E-state index in [-0.39, 0.29) is 17.2 Å². The molecule has 156 valence electrons. The lowest BCUT2D eigenvalue weighted by Crippen LogP contribution is -2.29. The van der Waals surface area contributed by atoms with Crippen molar-refractivity contribution >= 4 is 44.1 Å². The van der Waals surface area contributed by atoms with Crippen LogP contribution < -0.4 is 10.6 Å². The lowest BCUT2D eigenvalue weighted by atomic mass is 9.72. The minimum Gasteiger partial charge on any atom is -0.352 e. The Morgan fingerprint density at radius 3 is 2.59 bits per heavy atom. The molecule has 2 amide bonds. The molecule has 3 rings (SSSR count). The van der Waals surface area contributed by atoms with Gasteiger partial charge in [0.2, 0.25) is 0 Å². The van der Waals surface area contributed by atoms with E-state index in [0.29, 0.717) is 28.6 Å². The SMILES string of the molecule is CCCNC(=O)c1c(NC(=O)c2ccccc2Br)sc2c1CCC(C(C)(C)C)C2. The standard InChI is InChI=1S/C23H29BrN2O2S/c1-5-12-25-21(28)19-16-11-10-14(23(2,3)4)13-18(16)29-22(19)26-20(27)15-8-6-7-9-17(15)24/h6-9,14H,5,10-13H2,1-4H3,(H,25,28)(H,26,27). The average Bonchev–Trinajstić information content (AvgIpc) is 3.02. The molecule has 1 atom stereocenters. The fourth-order valence-corrected chi connectivity index (χ4v) is 5.58. The van der Waals surface area contributed by atoms with Crippen LogP contribution in [0.5, 0.6) is 0 Å². The van der Waals surface area contributed by atoms with Crippen molar-refractivity contribution in [2.24, 2.45) is 11.3 Å². The van der Waals surface area contributed by atoms with E-state index in [0.717, 1.165) is 35.7 Å². The van der Waals surface area contributed by atoms with Crippen LogP contribution in [0.4, 0.5) is 5.00 Å². The summed E-state index contributed by atoms with van der Waals surface area (Å²) in [6.07, 6.45) is 3.79. The van der Waals surface area contributed by atoms with Gasteiger partial charge in [0.15, 0.2) is 0 Å². The van der Waals surface area contributed by atoms with Gasteiger partial charge >= 0.3 is 0 Å². The molecular weight excluding hydrogens is 448 g/mol. The molecule has 4 nitrogen and oxygen atoms in total. The molecule has 0 radical (unpaired) electrons. The number of halogens is 1. The Bertz CT molecular complexity index is 914. The van der Waals surface area contributed by atoms with E-state index >= 15 is 0 Å². The third kappa shape index (κ3) is 4.92. The van der Waals surface area contributed by atoms with E-state index in [1.54, 1.807) is 17.4 Å². The second-order valence-electron chi connectivity index (χ2n) is 8.70. The molecule has 1 aromatic heterocycles. The molecule has 6 heteroatoms. The molecule has 1 aromatic carbocycles. The number of benzene rings is 1. The summed E-state index contributed by atoms with van der Waals surface area (Å²) in [5.74, 6) is 0.293. The van der Waals surface area contributed by atoms with Crippen LogP contribution in [-0.4, -0.2) is 18.4 Å². The number of amides is 2. The van der Waals surface area contributed by atoms with Gasteiger partial charge in [-0.15, -0.1) is 11.3 Å². The quantitative estimate of drug-likeness (QED) is 0.551. The molecule has 1 heterocycles. The van der Waals surface area contributed by atoms with E-state index in [2.05, 4.69) is 47.3 Å². The Hall–Kier alpha value is -1.66. The summed E-state index contributed by atoms with van der Waals surface area (Å²) in [6.45, 7) is 9.50. The zero-order chi connectivity index (χ0) is 21.2. The van der Waals surface area contributed by atoms with E-state index < -0.39 is 0 Å². The molecule has 2 N–H and O–H groups in total. The number of fused-ring (bicyclic) bond motifs is 1. The van der Waals surface area contributed by atoms with Crippen LogP contribution in [0, 0.1) is 11.3 Å². The maximum Gasteiger partial charge on any atom is 0.257 e. The highest BCUT2D eigenvalue weighted by molar-refractivity contribution is 9.10. The largest absolute Gasteiger partial charge is 0.352 e. The van der Waals surface area contributed by atoms with Gasteiger partial charge in [-0.1, -0.05) is 39.8 Å². The normalized spacial score (nSPS) is 16.2. The fourth-order valence-electron chi connectivity index (χ4n) is 3.80. The number of carbonyl (C=O) groups excluding carboxylic acids is 2. The summed E-state index contributed by atoms with van der Waals surface area (Å²) in [6, 6.07) is 7.33. The molecule has 0 saturated carbocycles. The van der Waals surface area contributed by atoms with E-state index in [4.69, 9.17) is 0 Å². The molecule has 0 bridgehead atoms. The number of carbonyl (C=O) groups is 2. The number of rotatable bonds is 5. The lowest BCUT2D eigenvalue weighted by Gasteiger charge is -2.33. The first-order chi connectivity index (χ1) is 13.7. The van der Waals surface area contributed by atoms with E-state index in [1.165, 1.54) is 4.88 Å². The minimum absolute atomic E-state index is 0.0824. The van der Waals surface area contributed by atoms with Gasteiger partial charge in [-0.2, -0.15) is 0 Å². The van der Waals surface area contributed by atoms with Crippen molar-refractivity contribution in [2.45, 2.75) is 53.4 Å². The number of hydrogen-bond acceptors (Lipinski definition) is 3. The Morgan fingerprint density at radius 2 is 1.93 bits per heavy atom. The Labute approximate surface area is 185 Å². The van der Waals surface area contributed by atoms with Gasteiger partial charge in [-0.25, -0.2) is 0 Å². The molecule has 0 aliphatic heterocycles. The van der Waals surface area contributed by atoms with E-state index in [9.17, 15) is 9.59 Å². The first-order valence-electron chi connectivity index (χ1n) is 10.2. The van der Waals surface area contributed by atoms with Crippen molar-refractivity contribution < 1.29 is 9.59 Å². The number of hydrogen-bond donors (Lipinski definition) is 2. The second-order valence-corrected chi connectivity index (χ2v) is 10.7. The first-order valence-corrected chi connectivity index (χ1v) is 11.8. The summed E-state index contributed by atoms with van der Waals surface area (Å²) in [4.78, 5) is 27.1. The lowest BCUT2D eigenvalue weighted by molar-refractivity contribution is 0.0953. The second kappa shape index (κ2) is 9.00. The first kappa shape index (κ1) is 22.0. The molecule has 0 fully saturated rings. The summed E-state index contributed by atoms with van der Waals surface area (Å²) in [7, 11) is 0. The Balaban J connectivity index is 1.95. The molecule has 0 saturated heterocycles. The molecule has 0 spiro atoms. The molecule has 1 aliphatic carbocycles. The van der Waals surface area contributed by atoms with Gasteiger partial charge in [0.1, 0.15) is 5.00 Å². The van der Waals surface area contributed by atoms with Gasteiger partial charge in [-0.05, 0) is 70.6 Å². The van der Waals surface area contributed by atoms with Crippen LogP contribution in [-0.2, 0) is 12.8 Å². The van der Waals surface area contributed by atoms with Crippen molar-refractivity contribution in [2.75, 3.05) is 11.9 Å². The van der Waals surface area contributed by atoms with Crippen molar-refractivity contribution in [1.82, 2.24) is 5.32 Å². The number of anilines is 1. The minimum atomic E-state index is -0.201. The van der Waals surface area contributed by atoms with Crippen LogP contribution in [0.15, 0.2) is 28.7 Å². The van der Waals surface area contributed by atoms with Gasteiger partial charge in [0.25, 0.3) is 11.8 Å². The number of nitrogens with one attached hydrogen (secondary N) is 2. The zero-order valence-electron chi connectivity index (χ0n) is 17.5. The summed E-state index contributed by atoms with van der Waals surface area (Å²) >= 11 is 5.01. The van der Waals surface area contributed by atoms with Crippen molar-refractivity contribution in [1.29, 1.82) is 0 Å². The zero-order valence-corrected chi connectivity index (χ0v) is 19.9. The summed E-state index contributed by atoms with van der Waals surface area (Å²) in [5.41, 5.74) is 2.56. The molecular formula is C23H29BrN2O2S. The monoisotopic (exact) mass is 476 g/mol. The van der Waals surface area contributed by atoms with Crippen LogP contribution in [0.25, 0.3) is 0 Å². The predicted octanol–water partition coefficient (Wildman–Crippen LogP) is 6.05. The highest BCUT2D eigenvalue weighted by atomic mass is 79.9. The molecule has 1 aliphatic rings. The third-order valence-electron chi connectivity index (χ3n) is 5.60. The van der Waals surface area contributed by atoms with Crippen molar-refractivity contribution in [3.8, 4) is 0 Å². The highest BCUT2D eigenvalue weighted by Gasteiger charge is 2.34. The van der Waals surface area contributed by atoms with Gasteiger partial charge < -0.3 is 10.6 Å². The van der Waals surface area contributed by atoms with Crippen LogP contribution in [0.3, 0.4) is 0 Å². The summed E-state index contributed by atoms with van der Waals surface area (Å²) in [5, 5.41) is 6.69. The number of thiophene rings is 1. The molecule has 2 aromatic rings. The topological polar surface area (TPSA) is 58.2 Å². The maximum atomic E-state index is 13.0. The molecule has 29 heavy (non-hydrogen) atoms. The van der Waals surface area contributed by atoms with Crippen LogP contribution in [0.2, 0.25) is 0 Å².